The summed E-state index contributed by atoms with van der Waals surface area (Å²) in [5.74, 6) is 0. The maximum absolute atomic E-state index is 7.22. The monoisotopic (exact) mass is 942 g/mol. The molecule has 15 aromatic rings. The smallest absolute Gasteiger partial charge is 0.159 e. The van der Waals surface area contributed by atoms with Crippen LogP contribution in [0.1, 0.15) is 34.3 Å². The number of benzene rings is 11. The maximum atomic E-state index is 7.22. The number of hydrogen-bond donors (Lipinski definition) is 0. The molecule has 0 N–H and O–H groups in total. The van der Waals surface area contributed by atoms with Crippen molar-refractivity contribution in [2.24, 2.45) is 0 Å². The molecule has 4 aliphatic heterocycles. The van der Waals surface area contributed by atoms with Crippen molar-refractivity contribution < 1.29 is 8.83 Å². The van der Waals surface area contributed by atoms with Crippen LogP contribution in [0.15, 0.2) is 227 Å². The molecule has 8 heterocycles. The van der Waals surface area contributed by atoms with Crippen LogP contribution in [0.3, 0.4) is 0 Å². The minimum Gasteiger partial charge on any atom is -0.454 e. The molecule has 4 aromatic heterocycles. The largest absolute Gasteiger partial charge is 0.454 e. The van der Waals surface area contributed by atoms with Gasteiger partial charge in [0.15, 0.2) is 11.2 Å². The highest BCUT2D eigenvalue weighted by Crippen LogP contribution is 2.65. The Morgan fingerprint density at radius 2 is 0.716 bits per heavy atom. The van der Waals surface area contributed by atoms with Crippen molar-refractivity contribution in [1.82, 2.24) is 9.13 Å². The van der Waals surface area contributed by atoms with Gasteiger partial charge in [-0.05, 0) is 83.9 Å². The minimum absolute atomic E-state index is 0.212. The first kappa shape index (κ1) is 38.0. The third-order valence-corrected chi connectivity index (χ3v) is 17.2. The molecule has 0 bridgehead atoms. The van der Waals surface area contributed by atoms with Crippen LogP contribution in [0.25, 0.3) is 110 Å². The van der Waals surface area contributed by atoms with Crippen molar-refractivity contribution in [2.75, 3.05) is 9.80 Å². The Kier molecular flexibility index (Phi) is 6.77. The van der Waals surface area contributed by atoms with E-state index in [-0.39, 0.29) is 12.1 Å². The first-order valence-corrected chi connectivity index (χ1v) is 25.7. The highest BCUT2D eigenvalue weighted by atomic mass is 16.3. The van der Waals surface area contributed by atoms with Gasteiger partial charge in [-0.3, -0.25) is 0 Å². The fourth-order valence-corrected chi connectivity index (χ4v) is 14.4. The minimum atomic E-state index is -0.212. The summed E-state index contributed by atoms with van der Waals surface area (Å²) in [4.78, 5) is 5.05. The Morgan fingerprint density at radius 1 is 0.311 bits per heavy atom. The molecule has 0 aliphatic carbocycles. The molecular formula is C68H38N4O2. The van der Waals surface area contributed by atoms with Crippen molar-refractivity contribution >= 4 is 122 Å². The molecule has 342 valence electrons. The lowest BCUT2D eigenvalue weighted by atomic mass is 9.77. The molecule has 0 spiro atoms. The van der Waals surface area contributed by atoms with Crippen molar-refractivity contribution in [3.63, 3.8) is 0 Å². The second-order valence-electron chi connectivity index (χ2n) is 20.6. The summed E-state index contributed by atoms with van der Waals surface area (Å²) in [5, 5.41) is 9.49. The zero-order valence-corrected chi connectivity index (χ0v) is 39.5. The van der Waals surface area contributed by atoms with E-state index in [4.69, 9.17) is 8.83 Å². The topological polar surface area (TPSA) is 42.6 Å². The van der Waals surface area contributed by atoms with Gasteiger partial charge >= 0.3 is 0 Å². The summed E-state index contributed by atoms with van der Waals surface area (Å²) in [6.07, 6.45) is 0. The Balaban J connectivity index is 1.04. The number of rotatable bonds is 2. The van der Waals surface area contributed by atoms with E-state index in [2.05, 4.69) is 237 Å². The van der Waals surface area contributed by atoms with Gasteiger partial charge in [0.25, 0.3) is 0 Å². The van der Waals surface area contributed by atoms with Crippen LogP contribution < -0.4 is 9.80 Å². The van der Waals surface area contributed by atoms with Gasteiger partial charge in [0, 0.05) is 98.9 Å². The molecule has 0 radical (unpaired) electrons. The first-order valence-electron chi connectivity index (χ1n) is 25.7. The van der Waals surface area contributed by atoms with Crippen molar-refractivity contribution in [3.05, 3.63) is 241 Å². The van der Waals surface area contributed by atoms with Crippen molar-refractivity contribution in [3.8, 4) is 22.3 Å². The molecule has 11 aromatic carbocycles. The van der Waals surface area contributed by atoms with E-state index in [9.17, 15) is 0 Å². The quantitative estimate of drug-likeness (QED) is 0.173. The molecule has 0 saturated carbocycles. The fourth-order valence-electron chi connectivity index (χ4n) is 14.4. The maximum Gasteiger partial charge on any atom is 0.159 e. The number of furan rings is 2. The fraction of sp³-hybridized carbons (Fsp3) is 0.0294. The number of aromatic nitrogens is 2. The van der Waals surface area contributed by atoms with Crippen LogP contribution in [0.2, 0.25) is 0 Å². The number of anilines is 6. The predicted octanol–water partition coefficient (Wildman–Crippen LogP) is 18.5. The molecule has 0 saturated heterocycles. The Hall–Kier alpha value is -9.78. The predicted molar refractivity (Wildman–Crippen MR) is 302 cm³/mol. The van der Waals surface area contributed by atoms with Gasteiger partial charge in [0.1, 0.15) is 11.2 Å². The third-order valence-electron chi connectivity index (χ3n) is 17.2. The molecule has 2 atom stereocenters. The molecular weight excluding hydrogens is 905 g/mol. The first-order chi connectivity index (χ1) is 36.8. The Morgan fingerprint density at radius 3 is 1.19 bits per heavy atom. The average molecular weight is 943 g/mol. The SMILES string of the molecule is c1ccc(N2c3cc4c(cc3C3c5c(cc6c(oc7ccccc76)c52)-c2cccc5c6ccccc6n3c25)C2c3c(cc5c(oc6ccccc65)c3N4c3ccccc3)-c3cccc4c5ccccc5n2c34)cc1. The molecule has 74 heavy (non-hydrogen) atoms. The van der Waals surface area contributed by atoms with Gasteiger partial charge in [-0.25, -0.2) is 0 Å². The summed E-state index contributed by atoms with van der Waals surface area (Å²) in [6.45, 7) is 0. The summed E-state index contributed by atoms with van der Waals surface area (Å²) in [5.41, 5.74) is 24.9. The van der Waals surface area contributed by atoms with Gasteiger partial charge in [-0.2, -0.15) is 0 Å². The van der Waals surface area contributed by atoms with E-state index < -0.39 is 0 Å². The van der Waals surface area contributed by atoms with Crippen LogP contribution in [-0.2, 0) is 0 Å². The van der Waals surface area contributed by atoms with Gasteiger partial charge in [-0.15, -0.1) is 0 Å². The number of fused-ring (bicyclic) bond motifs is 22. The van der Waals surface area contributed by atoms with E-state index in [1.165, 1.54) is 88.1 Å². The van der Waals surface area contributed by atoms with E-state index in [0.717, 1.165) is 78.0 Å². The molecule has 0 amide bonds. The van der Waals surface area contributed by atoms with Crippen LogP contribution >= 0.6 is 0 Å². The second-order valence-corrected chi connectivity index (χ2v) is 20.6. The van der Waals surface area contributed by atoms with Gasteiger partial charge in [0.05, 0.1) is 45.9 Å². The zero-order valence-electron chi connectivity index (χ0n) is 39.5. The Bertz CT molecular complexity index is 4740. The Labute approximate surface area is 422 Å². The summed E-state index contributed by atoms with van der Waals surface area (Å²) < 4.78 is 19.8. The lowest BCUT2D eigenvalue weighted by Crippen LogP contribution is -2.31. The lowest BCUT2D eigenvalue weighted by Gasteiger charge is -2.45. The molecule has 4 aliphatic rings. The highest BCUT2D eigenvalue weighted by Gasteiger charge is 2.47. The van der Waals surface area contributed by atoms with Gasteiger partial charge in [-0.1, -0.05) is 146 Å². The number of hydrogen-bond acceptors (Lipinski definition) is 4. The van der Waals surface area contributed by atoms with Crippen molar-refractivity contribution in [2.45, 2.75) is 12.1 Å². The third kappa shape index (κ3) is 4.40. The van der Waals surface area contributed by atoms with Crippen LogP contribution in [0, 0.1) is 0 Å². The van der Waals surface area contributed by atoms with E-state index in [1.807, 2.05) is 0 Å². The molecule has 6 nitrogen and oxygen atoms in total. The molecule has 6 heteroatoms. The summed E-state index contributed by atoms with van der Waals surface area (Å²) >= 11 is 0. The second kappa shape index (κ2) is 13.2. The normalized spacial score (nSPS) is 15.8. The molecule has 2 unspecified atom stereocenters. The molecule has 0 fully saturated rings. The lowest BCUT2D eigenvalue weighted by molar-refractivity contribution is 0.657. The number of nitrogens with zero attached hydrogens (tertiary/aromatic N) is 4. The van der Waals surface area contributed by atoms with E-state index in [0.29, 0.717) is 0 Å². The molecule has 19 rings (SSSR count). The summed E-state index contributed by atoms with van der Waals surface area (Å²) in [7, 11) is 0. The summed E-state index contributed by atoms with van der Waals surface area (Å²) in [6, 6.07) is 80.4. The standard InChI is InChI=1S/C68H38N4O2/c1-3-17-37(18-4-1)69-55-36-56-52(35-51(55)63-59-47(33-49-41-23-9-13-31-57(41)73-67(49)65(59)69)45-27-15-25-43-39-21-7-11-29-53(39)71(63)61(43)45)64-60-48(46-28-16-26-44-40-22-8-12-30-54(40)72(64)62(44)46)34-50-42-24-10-14-32-58(42)74-68(50)66(60)70(56)38-19-5-2-6-20-38/h1-36,63-64H. The van der Waals surface area contributed by atoms with Crippen LogP contribution in [0.4, 0.5) is 34.1 Å². The zero-order chi connectivity index (χ0) is 47.7. The van der Waals surface area contributed by atoms with Gasteiger partial charge < -0.3 is 27.8 Å². The van der Waals surface area contributed by atoms with Crippen LogP contribution in [0.5, 0.6) is 0 Å². The van der Waals surface area contributed by atoms with Crippen molar-refractivity contribution in [1.29, 1.82) is 0 Å². The average Bonchev–Trinajstić information content (AvgIpc) is 4.36. The van der Waals surface area contributed by atoms with Gasteiger partial charge in [0.2, 0.25) is 0 Å². The van der Waals surface area contributed by atoms with E-state index in [1.54, 1.807) is 0 Å². The highest BCUT2D eigenvalue weighted by molar-refractivity contribution is 6.22. The van der Waals surface area contributed by atoms with Crippen LogP contribution in [-0.4, -0.2) is 9.13 Å². The number of para-hydroxylation sites is 8. The van der Waals surface area contributed by atoms with E-state index >= 15 is 0 Å².